The van der Waals surface area contributed by atoms with E-state index in [4.69, 9.17) is 0 Å². The van der Waals surface area contributed by atoms with Crippen LogP contribution in [0.4, 0.5) is 13.2 Å². The molecule has 1 aromatic heterocycles. The molecule has 0 spiro atoms. The van der Waals surface area contributed by atoms with Crippen LogP contribution in [0, 0.1) is 5.92 Å². The molecule has 86 valence electrons. The van der Waals surface area contributed by atoms with Crippen molar-refractivity contribution in [3.8, 4) is 0 Å². The minimum atomic E-state index is -4.42. The van der Waals surface area contributed by atoms with Crippen LogP contribution in [0.3, 0.4) is 0 Å². The van der Waals surface area contributed by atoms with E-state index < -0.39 is 18.0 Å². The van der Waals surface area contributed by atoms with Gasteiger partial charge < -0.3 is 5.11 Å². The van der Waals surface area contributed by atoms with E-state index in [2.05, 4.69) is 5.10 Å². The first-order valence-corrected chi connectivity index (χ1v) is 4.59. The van der Waals surface area contributed by atoms with Crippen LogP contribution in [-0.4, -0.2) is 21.0 Å². The summed E-state index contributed by atoms with van der Waals surface area (Å²) >= 11 is 0. The second kappa shape index (κ2) is 4.22. The van der Waals surface area contributed by atoms with Crippen molar-refractivity contribution in [3.05, 3.63) is 18.0 Å². The highest BCUT2D eigenvalue weighted by Gasteiger charge is 2.33. The maximum absolute atomic E-state index is 12.2. The number of hydrogen-bond donors (Lipinski definition) is 1. The minimum absolute atomic E-state index is 0.0106. The van der Waals surface area contributed by atoms with E-state index in [0.29, 0.717) is 0 Å². The van der Waals surface area contributed by atoms with Crippen LogP contribution in [0.15, 0.2) is 12.3 Å². The molecule has 0 fully saturated rings. The van der Waals surface area contributed by atoms with Gasteiger partial charge in [-0.25, -0.2) is 0 Å². The van der Waals surface area contributed by atoms with Gasteiger partial charge >= 0.3 is 6.18 Å². The highest BCUT2D eigenvalue weighted by atomic mass is 19.4. The van der Waals surface area contributed by atoms with Crippen molar-refractivity contribution in [1.82, 2.24) is 9.78 Å². The topological polar surface area (TPSA) is 38.0 Å². The number of rotatable bonds is 3. The van der Waals surface area contributed by atoms with Crippen molar-refractivity contribution in [3.63, 3.8) is 0 Å². The van der Waals surface area contributed by atoms with Crippen LogP contribution in [-0.2, 0) is 12.7 Å². The van der Waals surface area contributed by atoms with E-state index in [0.717, 1.165) is 10.7 Å². The minimum Gasteiger partial charge on any atom is -0.391 e. The first-order chi connectivity index (χ1) is 6.80. The third kappa shape index (κ3) is 3.23. The maximum Gasteiger partial charge on any atom is 0.435 e. The van der Waals surface area contributed by atoms with E-state index in [1.165, 1.54) is 6.20 Å². The van der Waals surface area contributed by atoms with Gasteiger partial charge in [0.05, 0.1) is 12.6 Å². The smallest absolute Gasteiger partial charge is 0.391 e. The van der Waals surface area contributed by atoms with E-state index in [9.17, 15) is 18.3 Å². The van der Waals surface area contributed by atoms with Gasteiger partial charge in [0.2, 0.25) is 0 Å². The van der Waals surface area contributed by atoms with Gasteiger partial charge in [-0.2, -0.15) is 18.3 Å². The predicted octanol–water partition coefficient (Wildman–Crippen LogP) is 1.92. The molecule has 0 aliphatic rings. The predicted molar refractivity (Wildman–Crippen MR) is 48.1 cm³/mol. The number of nitrogens with zero attached hydrogens (tertiary/aromatic N) is 2. The summed E-state index contributed by atoms with van der Waals surface area (Å²) in [6.07, 6.45) is -3.89. The number of aliphatic hydroxyl groups excluding tert-OH is 1. The van der Waals surface area contributed by atoms with Gasteiger partial charge in [0.15, 0.2) is 5.69 Å². The maximum atomic E-state index is 12.2. The molecular formula is C9H13F3N2O. The lowest BCUT2D eigenvalue weighted by Gasteiger charge is -2.13. The molecule has 3 nitrogen and oxygen atoms in total. The fourth-order valence-corrected chi connectivity index (χ4v) is 1.02. The molecule has 15 heavy (non-hydrogen) atoms. The fraction of sp³-hybridized carbons (Fsp3) is 0.667. The summed E-state index contributed by atoms with van der Waals surface area (Å²) in [7, 11) is 0. The molecule has 0 amide bonds. The molecule has 0 radical (unpaired) electrons. The molecule has 1 heterocycles. The van der Waals surface area contributed by atoms with Gasteiger partial charge in [-0.3, -0.25) is 4.68 Å². The molecule has 0 aliphatic carbocycles. The first kappa shape index (κ1) is 12.0. The Bertz CT molecular complexity index is 319. The third-order valence-electron chi connectivity index (χ3n) is 2.07. The Kier molecular flexibility index (Phi) is 3.38. The largest absolute Gasteiger partial charge is 0.435 e. The number of aromatic nitrogens is 2. The van der Waals surface area contributed by atoms with Crippen LogP contribution in [0.1, 0.15) is 19.5 Å². The summed E-state index contributed by atoms with van der Waals surface area (Å²) < 4.78 is 37.6. The van der Waals surface area contributed by atoms with Crippen molar-refractivity contribution >= 4 is 0 Å². The number of hydrogen-bond acceptors (Lipinski definition) is 2. The summed E-state index contributed by atoms with van der Waals surface area (Å²) in [5.41, 5.74) is -0.932. The van der Waals surface area contributed by atoms with E-state index in [1.54, 1.807) is 13.8 Å². The Morgan fingerprint density at radius 3 is 2.47 bits per heavy atom. The molecule has 0 aromatic carbocycles. The van der Waals surface area contributed by atoms with Gasteiger partial charge in [-0.05, 0) is 12.0 Å². The average molecular weight is 222 g/mol. The highest BCUT2D eigenvalue weighted by Crippen LogP contribution is 2.27. The third-order valence-corrected chi connectivity index (χ3v) is 2.07. The molecule has 0 aliphatic heterocycles. The monoisotopic (exact) mass is 222 g/mol. The zero-order valence-corrected chi connectivity index (χ0v) is 8.49. The summed E-state index contributed by atoms with van der Waals surface area (Å²) in [4.78, 5) is 0. The van der Waals surface area contributed by atoms with Gasteiger partial charge in [0, 0.05) is 6.20 Å². The Hall–Kier alpha value is -1.04. The van der Waals surface area contributed by atoms with Gasteiger partial charge in [0.1, 0.15) is 0 Å². The molecule has 1 unspecified atom stereocenters. The summed E-state index contributed by atoms with van der Waals surface area (Å²) in [5, 5.41) is 12.8. The van der Waals surface area contributed by atoms with Crippen LogP contribution >= 0.6 is 0 Å². The van der Waals surface area contributed by atoms with Crippen molar-refractivity contribution < 1.29 is 18.3 Å². The van der Waals surface area contributed by atoms with Crippen LogP contribution in [0.2, 0.25) is 0 Å². The molecule has 1 atom stereocenters. The number of aliphatic hydroxyl groups is 1. The lowest BCUT2D eigenvalue weighted by atomic mass is 10.1. The van der Waals surface area contributed by atoms with Crippen LogP contribution < -0.4 is 0 Å². The second-order valence-corrected chi connectivity index (χ2v) is 3.73. The lowest BCUT2D eigenvalue weighted by Crippen LogP contribution is -2.22. The highest BCUT2D eigenvalue weighted by molar-refractivity contribution is 5.03. The molecule has 6 heteroatoms. The van der Waals surface area contributed by atoms with Crippen LogP contribution in [0.25, 0.3) is 0 Å². The average Bonchev–Trinajstić information content (AvgIpc) is 2.51. The van der Waals surface area contributed by atoms with E-state index >= 15 is 0 Å². The summed E-state index contributed by atoms with van der Waals surface area (Å²) in [6.45, 7) is 3.66. The van der Waals surface area contributed by atoms with Gasteiger partial charge in [-0.15, -0.1) is 0 Å². The zero-order chi connectivity index (χ0) is 11.6. The molecule has 0 saturated carbocycles. The fourth-order valence-electron chi connectivity index (χ4n) is 1.02. The Labute approximate surface area is 85.5 Å². The summed E-state index contributed by atoms with van der Waals surface area (Å²) in [5.74, 6) is -0.0106. The van der Waals surface area contributed by atoms with Gasteiger partial charge in [-0.1, -0.05) is 13.8 Å². The molecule has 1 N–H and O–H groups in total. The van der Waals surface area contributed by atoms with Gasteiger partial charge in [0.25, 0.3) is 0 Å². The molecule has 0 saturated heterocycles. The van der Waals surface area contributed by atoms with E-state index in [-0.39, 0.29) is 12.5 Å². The summed E-state index contributed by atoms with van der Waals surface area (Å²) in [6, 6.07) is 0.896. The van der Waals surface area contributed by atoms with Crippen molar-refractivity contribution in [2.75, 3.05) is 0 Å². The quantitative estimate of drug-likeness (QED) is 0.848. The molecular weight excluding hydrogens is 209 g/mol. The van der Waals surface area contributed by atoms with Crippen LogP contribution in [0.5, 0.6) is 0 Å². The standard InChI is InChI=1S/C9H13F3N2O/c1-6(2)7(15)5-14-4-3-8(13-14)9(10,11)12/h3-4,6-7,15H,5H2,1-2H3. The SMILES string of the molecule is CC(C)C(O)Cn1ccc(C(F)(F)F)n1. The molecule has 1 rings (SSSR count). The number of alkyl halides is 3. The van der Waals surface area contributed by atoms with Crippen molar-refractivity contribution in [1.29, 1.82) is 0 Å². The van der Waals surface area contributed by atoms with E-state index in [1.807, 2.05) is 0 Å². The van der Waals surface area contributed by atoms with Crippen molar-refractivity contribution in [2.24, 2.45) is 5.92 Å². The second-order valence-electron chi connectivity index (χ2n) is 3.73. The Morgan fingerprint density at radius 2 is 2.07 bits per heavy atom. The number of halogens is 3. The normalized spacial score (nSPS) is 14.6. The zero-order valence-electron chi connectivity index (χ0n) is 8.49. The molecule has 1 aromatic rings. The first-order valence-electron chi connectivity index (χ1n) is 4.59. The van der Waals surface area contributed by atoms with Crippen molar-refractivity contribution in [2.45, 2.75) is 32.7 Å². The Morgan fingerprint density at radius 1 is 1.47 bits per heavy atom. The lowest BCUT2D eigenvalue weighted by molar-refractivity contribution is -0.141. The molecule has 0 bridgehead atoms. The Balaban J connectivity index is 2.69.